The Balaban J connectivity index is 1.86. The van der Waals surface area contributed by atoms with Gasteiger partial charge >= 0.3 is 6.09 Å². The molecule has 1 unspecified atom stereocenters. The zero-order valence-corrected chi connectivity index (χ0v) is 16.1. The van der Waals surface area contributed by atoms with E-state index in [4.69, 9.17) is 4.74 Å². The zero-order chi connectivity index (χ0) is 17.0. The van der Waals surface area contributed by atoms with Gasteiger partial charge in [-0.05, 0) is 57.7 Å². The van der Waals surface area contributed by atoms with Crippen molar-refractivity contribution >= 4 is 22.0 Å². The van der Waals surface area contributed by atoms with Crippen LogP contribution in [0.1, 0.15) is 44.7 Å². The standard InChI is InChI=1S/C18H27BrN2O2/c1-13-10-14(7-8-16(13)19)11-20-15-6-5-9-21(12-15)17(22)23-18(2,3)4/h7-8,10,15,20H,5-6,9,11-12H2,1-4H3. The number of halogens is 1. The number of piperidine rings is 1. The quantitative estimate of drug-likeness (QED) is 0.849. The molecule has 0 bridgehead atoms. The third kappa shape index (κ3) is 5.81. The van der Waals surface area contributed by atoms with Gasteiger partial charge in [-0.3, -0.25) is 0 Å². The number of benzene rings is 1. The minimum Gasteiger partial charge on any atom is -0.444 e. The molecule has 23 heavy (non-hydrogen) atoms. The topological polar surface area (TPSA) is 41.6 Å². The predicted molar refractivity (Wildman–Crippen MR) is 96.5 cm³/mol. The Hall–Kier alpha value is -1.07. The lowest BCUT2D eigenvalue weighted by Gasteiger charge is -2.34. The predicted octanol–water partition coefficient (Wildman–Crippen LogP) is 4.25. The first-order valence-corrected chi connectivity index (χ1v) is 9.00. The van der Waals surface area contributed by atoms with Crippen molar-refractivity contribution in [1.29, 1.82) is 0 Å². The molecular formula is C18H27BrN2O2. The largest absolute Gasteiger partial charge is 0.444 e. The summed E-state index contributed by atoms with van der Waals surface area (Å²) in [4.78, 5) is 14.0. The Morgan fingerprint density at radius 2 is 2.17 bits per heavy atom. The minimum absolute atomic E-state index is 0.205. The number of carbonyl (C=O) groups is 1. The average molecular weight is 383 g/mol. The second-order valence-electron chi connectivity index (χ2n) is 7.23. The van der Waals surface area contributed by atoms with E-state index in [0.29, 0.717) is 12.6 Å². The van der Waals surface area contributed by atoms with Crippen LogP contribution in [0.3, 0.4) is 0 Å². The van der Waals surface area contributed by atoms with Crippen LogP contribution in [0.5, 0.6) is 0 Å². The van der Waals surface area contributed by atoms with Gasteiger partial charge < -0.3 is 15.0 Å². The summed E-state index contributed by atoms with van der Waals surface area (Å²) in [7, 11) is 0. The molecule has 0 saturated carbocycles. The fourth-order valence-electron chi connectivity index (χ4n) is 2.72. The first-order valence-electron chi connectivity index (χ1n) is 8.21. The minimum atomic E-state index is -0.438. The third-order valence-corrected chi connectivity index (χ3v) is 4.78. The van der Waals surface area contributed by atoms with E-state index in [-0.39, 0.29) is 6.09 Å². The van der Waals surface area contributed by atoms with Gasteiger partial charge in [-0.1, -0.05) is 28.1 Å². The van der Waals surface area contributed by atoms with Crippen molar-refractivity contribution in [3.05, 3.63) is 33.8 Å². The molecule has 1 aromatic carbocycles. The van der Waals surface area contributed by atoms with Crippen molar-refractivity contribution < 1.29 is 9.53 Å². The molecule has 1 amide bonds. The fraction of sp³-hybridized carbons (Fsp3) is 0.611. The Bertz CT molecular complexity index is 554. The second-order valence-corrected chi connectivity index (χ2v) is 8.08. The normalized spacial score (nSPS) is 18.8. The smallest absolute Gasteiger partial charge is 0.410 e. The van der Waals surface area contributed by atoms with Crippen molar-refractivity contribution in [3.63, 3.8) is 0 Å². The lowest BCUT2D eigenvalue weighted by molar-refractivity contribution is 0.0187. The number of amides is 1. The molecule has 4 nitrogen and oxygen atoms in total. The van der Waals surface area contributed by atoms with Crippen LogP contribution in [-0.2, 0) is 11.3 Å². The molecule has 0 aromatic heterocycles. The summed E-state index contributed by atoms with van der Waals surface area (Å²) in [6.07, 6.45) is 1.90. The van der Waals surface area contributed by atoms with Crippen LogP contribution in [-0.4, -0.2) is 35.7 Å². The first-order chi connectivity index (χ1) is 10.7. The van der Waals surface area contributed by atoms with E-state index in [1.165, 1.54) is 11.1 Å². The van der Waals surface area contributed by atoms with Crippen LogP contribution in [0.2, 0.25) is 0 Å². The Morgan fingerprint density at radius 3 is 2.83 bits per heavy atom. The highest BCUT2D eigenvalue weighted by atomic mass is 79.9. The summed E-state index contributed by atoms with van der Waals surface area (Å²) in [6.45, 7) is 10.1. The maximum Gasteiger partial charge on any atom is 0.410 e. The lowest BCUT2D eigenvalue weighted by Crippen LogP contribution is -2.49. The summed E-state index contributed by atoms with van der Waals surface area (Å²) < 4.78 is 6.61. The lowest BCUT2D eigenvalue weighted by atomic mass is 10.1. The molecule has 5 heteroatoms. The van der Waals surface area contributed by atoms with Gasteiger partial charge in [0.05, 0.1) is 0 Å². The average Bonchev–Trinajstić information content (AvgIpc) is 2.47. The number of likely N-dealkylation sites (tertiary alicyclic amines) is 1. The van der Waals surface area contributed by atoms with Crippen molar-refractivity contribution in [1.82, 2.24) is 10.2 Å². The number of nitrogens with one attached hydrogen (secondary N) is 1. The van der Waals surface area contributed by atoms with Crippen molar-refractivity contribution in [2.24, 2.45) is 0 Å². The Kier molecular flexibility index (Phi) is 6.09. The molecular weight excluding hydrogens is 356 g/mol. The van der Waals surface area contributed by atoms with Gasteiger partial charge in [0.1, 0.15) is 5.60 Å². The van der Waals surface area contributed by atoms with Gasteiger partial charge in [-0.25, -0.2) is 4.79 Å². The second kappa shape index (κ2) is 7.67. The van der Waals surface area contributed by atoms with Gasteiger partial charge in [-0.15, -0.1) is 0 Å². The van der Waals surface area contributed by atoms with Gasteiger partial charge in [0.2, 0.25) is 0 Å². The summed E-state index contributed by atoms with van der Waals surface area (Å²) in [6, 6.07) is 6.71. The zero-order valence-electron chi connectivity index (χ0n) is 14.5. The molecule has 1 atom stereocenters. The molecule has 1 saturated heterocycles. The number of hydrogen-bond acceptors (Lipinski definition) is 3. The molecule has 1 heterocycles. The SMILES string of the molecule is Cc1cc(CNC2CCCN(C(=O)OC(C)(C)C)C2)ccc1Br. The van der Waals surface area contributed by atoms with Crippen LogP contribution < -0.4 is 5.32 Å². The molecule has 0 aliphatic carbocycles. The van der Waals surface area contributed by atoms with Crippen LogP contribution in [0, 0.1) is 6.92 Å². The molecule has 1 N–H and O–H groups in total. The van der Waals surface area contributed by atoms with E-state index < -0.39 is 5.60 Å². The molecule has 2 rings (SSSR count). The van der Waals surface area contributed by atoms with Crippen LogP contribution in [0.15, 0.2) is 22.7 Å². The molecule has 1 aliphatic rings. The van der Waals surface area contributed by atoms with E-state index >= 15 is 0 Å². The van der Waals surface area contributed by atoms with Gasteiger partial charge in [0, 0.05) is 30.1 Å². The van der Waals surface area contributed by atoms with Gasteiger partial charge in [-0.2, -0.15) is 0 Å². The molecule has 1 fully saturated rings. The first kappa shape index (κ1) is 18.3. The van der Waals surface area contributed by atoms with Gasteiger partial charge in [0.15, 0.2) is 0 Å². The molecule has 1 aromatic rings. The number of rotatable bonds is 3. The van der Waals surface area contributed by atoms with Crippen molar-refractivity contribution in [2.75, 3.05) is 13.1 Å². The summed E-state index contributed by atoms with van der Waals surface area (Å²) in [5.74, 6) is 0. The van der Waals surface area contributed by atoms with E-state index in [0.717, 1.165) is 30.4 Å². The van der Waals surface area contributed by atoms with E-state index in [1.807, 2.05) is 25.7 Å². The Labute approximate surface area is 147 Å². The fourth-order valence-corrected chi connectivity index (χ4v) is 2.96. The van der Waals surface area contributed by atoms with Gasteiger partial charge in [0.25, 0.3) is 0 Å². The van der Waals surface area contributed by atoms with Crippen molar-refractivity contribution in [2.45, 2.75) is 58.7 Å². The third-order valence-electron chi connectivity index (χ3n) is 3.89. The van der Waals surface area contributed by atoms with Crippen LogP contribution in [0.25, 0.3) is 0 Å². The number of ether oxygens (including phenoxy) is 1. The highest BCUT2D eigenvalue weighted by molar-refractivity contribution is 9.10. The van der Waals surface area contributed by atoms with Crippen molar-refractivity contribution in [3.8, 4) is 0 Å². The maximum absolute atomic E-state index is 12.2. The number of aryl methyl sites for hydroxylation is 1. The van der Waals surface area contributed by atoms with E-state index in [9.17, 15) is 4.79 Å². The van der Waals surface area contributed by atoms with E-state index in [2.05, 4.69) is 46.4 Å². The molecule has 1 aliphatic heterocycles. The van der Waals surface area contributed by atoms with Crippen LogP contribution >= 0.6 is 15.9 Å². The van der Waals surface area contributed by atoms with E-state index in [1.54, 1.807) is 0 Å². The summed E-state index contributed by atoms with van der Waals surface area (Å²) >= 11 is 3.53. The molecule has 0 spiro atoms. The monoisotopic (exact) mass is 382 g/mol. The summed E-state index contributed by atoms with van der Waals surface area (Å²) in [5.41, 5.74) is 2.07. The summed E-state index contributed by atoms with van der Waals surface area (Å²) in [5, 5.41) is 3.57. The number of hydrogen-bond donors (Lipinski definition) is 1. The molecule has 128 valence electrons. The maximum atomic E-state index is 12.2. The number of carbonyl (C=O) groups excluding carboxylic acids is 1. The number of nitrogens with zero attached hydrogens (tertiary/aromatic N) is 1. The Morgan fingerprint density at radius 1 is 1.43 bits per heavy atom. The highest BCUT2D eigenvalue weighted by Gasteiger charge is 2.27. The van der Waals surface area contributed by atoms with Crippen LogP contribution in [0.4, 0.5) is 4.79 Å². The molecule has 0 radical (unpaired) electrons. The highest BCUT2D eigenvalue weighted by Crippen LogP contribution is 2.18.